The maximum Gasteiger partial charge on any atom is 0.222 e. The van der Waals surface area contributed by atoms with E-state index < -0.39 is 0 Å². The number of nitrogens with one attached hydrogen (secondary N) is 1. The molecule has 0 fully saturated rings. The molecular weight excluding hydrogens is 378 g/mol. The van der Waals surface area contributed by atoms with Crippen LogP contribution in [0.2, 0.25) is 0 Å². The average molecular weight is 404 g/mol. The van der Waals surface area contributed by atoms with Crippen molar-refractivity contribution in [2.45, 2.75) is 33.6 Å². The van der Waals surface area contributed by atoms with Crippen LogP contribution in [0.15, 0.2) is 42.5 Å². The molecule has 2 aromatic heterocycles. The van der Waals surface area contributed by atoms with Crippen molar-refractivity contribution in [3.05, 3.63) is 64.2 Å². The second kappa shape index (κ2) is 8.17. The van der Waals surface area contributed by atoms with Crippen molar-refractivity contribution in [2.24, 2.45) is 0 Å². The lowest BCUT2D eigenvalue weighted by Gasteiger charge is -2.11. The lowest BCUT2D eigenvalue weighted by molar-refractivity contribution is 0.859. The minimum Gasteiger partial charge on any atom is -0.370 e. The summed E-state index contributed by atoms with van der Waals surface area (Å²) in [6.45, 7) is 7.08. The lowest BCUT2D eigenvalue weighted by Crippen LogP contribution is -2.07. The van der Waals surface area contributed by atoms with Gasteiger partial charge in [-0.15, -0.1) is 11.3 Å². The molecule has 6 heteroatoms. The first kappa shape index (κ1) is 19.3. The second-order valence-corrected chi connectivity index (χ2v) is 8.54. The Bertz CT molecular complexity index is 1170. The van der Waals surface area contributed by atoms with Gasteiger partial charge in [0.15, 0.2) is 0 Å². The van der Waals surface area contributed by atoms with Crippen molar-refractivity contribution >= 4 is 33.3 Å². The molecule has 0 aliphatic rings. The quantitative estimate of drug-likeness (QED) is 0.427. The van der Waals surface area contributed by atoms with Crippen molar-refractivity contribution in [2.75, 3.05) is 17.6 Å². The van der Waals surface area contributed by atoms with Gasteiger partial charge >= 0.3 is 0 Å². The smallest absolute Gasteiger partial charge is 0.222 e. The molecule has 0 aliphatic carbocycles. The van der Waals surface area contributed by atoms with Crippen LogP contribution in [0.1, 0.15) is 28.1 Å². The Kier molecular flexibility index (Phi) is 5.45. The van der Waals surface area contributed by atoms with Gasteiger partial charge in [0.25, 0.3) is 0 Å². The van der Waals surface area contributed by atoms with Gasteiger partial charge < -0.3 is 11.1 Å². The van der Waals surface area contributed by atoms with Gasteiger partial charge in [-0.05, 0) is 62.4 Å². The molecule has 0 saturated carbocycles. The Balaban J connectivity index is 1.41. The summed E-state index contributed by atoms with van der Waals surface area (Å²) in [6, 6.07) is 14.7. The first-order valence-electron chi connectivity index (χ1n) is 9.81. The Morgan fingerprint density at radius 1 is 1.00 bits per heavy atom. The predicted octanol–water partition coefficient (Wildman–Crippen LogP) is 5.31. The minimum absolute atomic E-state index is 0.289. The summed E-state index contributed by atoms with van der Waals surface area (Å²) in [5.41, 5.74) is 12.8. The lowest BCUT2D eigenvalue weighted by atomic mass is 10.0. The van der Waals surface area contributed by atoms with Crippen LogP contribution in [0.3, 0.4) is 0 Å². The van der Waals surface area contributed by atoms with E-state index in [9.17, 15) is 0 Å². The van der Waals surface area contributed by atoms with Crippen LogP contribution in [0.4, 0.5) is 11.8 Å². The fourth-order valence-corrected chi connectivity index (χ4v) is 4.36. The molecule has 0 amide bonds. The normalized spacial score (nSPS) is 11.1. The average Bonchev–Trinajstić information content (AvgIpc) is 3.06. The third-order valence-electron chi connectivity index (χ3n) is 5.13. The molecule has 2 heterocycles. The number of hydrogen-bond donors (Lipinski definition) is 2. The Labute approximate surface area is 175 Å². The van der Waals surface area contributed by atoms with Crippen LogP contribution in [-0.2, 0) is 6.42 Å². The SMILES string of the molecule is Cc1nc2ccc(CCCNc3cc(-c4cccc(C)c4C)nc(N)n3)cc2s1. The van der Waals surface area contributed by atoms with E-state index >= 15 is 0 Å². The number of nitrogens with two attached hydrogens (primary N) is 1. The molecule has 3 N–H and O–H groups in total. The first-order valence-corrected chi connectivity index (χ1v) is 10.6. The Morgan fingerprint density at radius 2 is 1.86 bits per heavy atom. The van der Waals surface area contributed by atoms with Gasteiger partial charge in [0.1, 0.15) is 5.82 Å². The van der Waals surface area contributed by atoms with E-state index in [-0.39, 0.29) is 5.95 Å². The van der Waals surface area contributed by atoms with Gasteiger partial charge in [-0.25, -0.2) is 9.97 Å². The van der Waals surface area contributed by atoms with Crippen molar-refractivity contribution in [1.82, 2.24) is 15.0 Å². The van der Waals surface area contributed by atoms with E-state index in [2.05, 4.69) is 64.4 Å². The van der Waals surface area contributed by atoms with Crippen LogP contribution in [0.25, 0.3) is 21.5 Å². The van der Waals surface area contributed by atoms with E-state index in [4.69, 9.17) is 5.73 Å². The number of fused-ring (bicyclic) bond motifs is 1. The maximum atomic E-state index is 5.97. The first-order chi connectivity index (χ1) is 14.0. The molecule has 0 aliphatic heterocycles. The zero-order chi connectivity index (χ0) is 20.4. The van der Waals surface area contributed by atoms with Crippen molar-refractivity contribution in [1.29, 1.82) is 0 Å². The third-order valence-corrected chi connectivity index (χ3v) is 6.07. The topological polar surface area (TPSA) is 76.7 Å². The number of hydrogen-bond acceptors (Lipinski definition) is 6. The zero-order valence-electron chi connectivity index (χ0n) is 17.0. The predicted molar refractivity (Wildman–Crippen MR) is 123 cm³/mol. The van der Waals surface area contributed by atoms with E-state index in [1.165, 1.54) is 21.4 Å². The van der Waals surface area contributed by atoms with Crippen LogP contribution in [0.5, 0.6) is 0 Å². The maximum absolute atomic E-state index is 5.97. The molecule has 29 heavy (non-hydrogen) atoms. The van der Waals surface area contributed by atoms with E-state index in [1.54, 1.807) is 11.3 Å². The van der Waals surface area contributed by atoms with Crippen LogP contribution < -0.4 is 11.1 Å². The number of thiazole rings is 1. The number of rotatable bonds is 6. The Hall–Kier alpha value is -2.99. The highest BCUT2D eigenvalue weighted by atomic mass is 32.1. The van der Waals surface area contributed by atoms with Gasteiger partial charge in [-0.3, -0.25) is 0 Å². The molecule has 2 aromatic carbocycles. The number of anilines is 2. The monoisotopic (exact) mass is 403 g/mol. The number of aromatic nitrogens is 3. The molecule has 4 aromatic rings. The summed E-state index contributed by atoms with van der Waals surface area (Å²) >= 11 is 1.75. The molecule has 4 rings (SSSR count). The highest BCUT2D eigenvalue weighted by Gasteiger charge is 2.09. The zero-order valence-corrected chi connectivity index (χ0v) is 17.8. The summed E-state index contributed by atoms with van der Waals surface area (Å²) < 4.78 is 1.26. The van der Waals surface area contributed by atoms with Gasteiger partial charge in [0.05, 0.1) is 20.9 Å². The summed E-state index contributed by atoms with van der Waals surface area (Å²) in [5.74, 6) is 1.05. The molecule has 0 unspecified atom stereocenters. The van der Waals surface area contributed by atoms with Crippen molar-refractivity contribution < 1.29 is 0 Å². The fourth-order valence-electron chi connectivity index (χ4n) is 3.47. The van der Waals surface area contributed by atoms with Gasteiger partial charge in [0.2, 0.25) is 5.95 Å². The molecule has 0 saturated heterocycles. The summed E-state index contributed by atoms with van der Waals surface area (Å²) in [4.78, 5) is 13.3. The summed E-state index contributed by atoms with van der Waals surface area (Å²) in [5, 5.41) is 4.51. The third kappa shape index (κ3) is 4.38. The van der Waals surface area contributed by atoms with E-state index in [0.717, 1.165) is 47.0 Å². The highest BCUT2D eigenvalue weighted by Crippen LogP contribution is 2.26. The molecule has 148 valence electrons. The number of benzene rings is 2. The molecule has 5 nitrogen and oxygen atoms in total. The number of nitrogens with zero attached hydrogens (tertiary/aromatic N) is 3. The van der Waals surface area contributed by atoms with Crippen LogP contribution in [-0.4, -0.2) is 21.5 Å². The highest BCUT2D eigenvalue weighted by molar-refractivity contribution is 7.18. The molecule has 0 atom stereocenters. The van der Waals surface area contributed by atoms with Gasteiger partial charge in [-0.1, -0.05) is 24.3 Å². The Morgan fingerprint density at radius 3 is 2.72 bits per heavy atom. The molecule has 0 bridgehead atoms. The van der Waals surface area contributed by atoms with Gasteiger partial charge in [-0.2, -0.15) is 4.98 Å². The fraction of sp³-hybridized carbons (Fsp3) is 0.261. The molecular formula is C23H25N5S. The number of aryl methyl sites for hydroxylation is 3. The molecule has 0 radical (unpaired) electrons. The van der Waals surface area contributed by atoms with Crippen LogP contribution in [0, 0.1) is 20.8 Å². The van der Waals surface area contributed by atoms with Crippen molar-refractivity contribution in [3.8, 4) is 11.3 Å². The number of nitrogen functional groups attached to an aromatic ring is 1. The van der Waals surface area contributed by atoms with Crippen LogP contribution >= 0.6 is 11.3 Å². The second-order valence-electron chi connectivity index (χ2n) is 7.31. The van der Waals surface area contributed by atoms with Gasteiger partial charge in [0, 0.05) is 18.2 Å². The standard InChI is InChI=1S/C23H25N5S/c1-14-6-4-8-18(15(14)2)20-13-22(28-23(24)27-20)25-11-5-7-17-9-10-19-21(12-17)29-16(3)26-19/h4,6,8-10,12-13H,5,7,11H2,1-3H3,(H3,24,25,27,28). The molecule has 0 spiro atoms. The largest absolute Gasteiger partial charge is 0.370 e. The summed E-state index contributed by atoms with van der Waals surface area (Å²) in [7, 11) is 0. The summed E-state index contributed by atoms with van der Waals surface area (Å²) in [6.07, 6.45) is 2.01. The van der Waals surface area contributed by atoms with E-state index in [0.29, 0.717) is 0 Å². The minimum atomic E-state index is 0.289. The van der Waals surface area contributed by atoms with E-state index in [1.807, 2.05) is 19.1 Å². The van der Waals surface area contributed by atoms with Crippen molar-refractivity contribution in [3.63, 3.8) is 0 Å².